The van der Waals surface area contributed by atoms with Crippen LogP contribution in [-0.2, 0) is 11.3 Å². The summed E-state index contributed by atoms with van der Waals surface area (Å²) in [4.78, 5) is 23.3. The second-order valence-electron chi connectivity index (χ2n) is 5.52. The number of hydrogen-bond donors (Lipinski definition) is 1. The van der Waals surface area contributed by atoms with E-state index >= 15 is 0 Å². The average Bonchev–Trinajstić information content (AvgIpc) is 3.22. The molecular formula is C16H17NO3. The molecule has 4 nitrogen and oxygen atoms in total. The third-order valence-corrected chi connectivity index (χ3v) is 3.85. The number of aryl methyl sites for hydroxylation is 2. The highest BCUT2D eigenvalue weighted by atomic mass is 16.4. The molecule has 1 heterocycles. The van der Waals surface area contributed by atoms with Gasteiger partial charge >= 0.3 is 5.63 Å². The number of carbonyl (C=O) groups is 1. The van der Waals surface area contributed by atoms with Crippen molar-refractivity contribution in [2.24, 2.45) is 5.92 Å². The molecule has 1 amide bonds. The summed E-state index contributed by atoms with van der Waals surface area (Å²) in [6.07, 6.45) is 1.95. The first-order chi connectivity index (χ1) is 9.54. The Morgan fingerprint density at radius 1 is 1.25 bits per heavy atom. The lowest BCUT2D eigenvalue weighted by molar-refractivity contribution is -0.122. The van der Waals surface area contributed by atoms with E-state index in [-0.39, 0.29) is 17.5 Å². The van der Waals surface area contributed by atoms with E-state index in [0.717, 1.165) is 34.9 Å². The minimum Gasteiger partial charge on any atom is -0.423 e. The smallest absolute Gasteiger partial charge is 0.336 e. The van der Waals surface area contributed by atoms with Crippen molar-refractivity contribution in [3.05, 3.63) is 45.3 Å². The van der Waals surface area contributed by atoms with Gasteiger partial charge in [-0.15, -0.1) is 0 Å². The third-order valence-electron chi connectivity index (χ3n) is 3.85. The van der Waals surface area contributed by atoms with E-state index in [1.54, 1.807) is 0 Å². The summed E-state index contributed by atoms with van der Waals surface area (Å²) in [6.45, 7) is 4.38. The molecule has 0 saturated heterocycles. The number of rotatable bonds is 3. The lowest BCUT2D eigenvalue weighted by Crippen LogP contribution is -2.24. The highest BCUT2D eigenvalue weighted by Crippen LogP contribution is 2.29. The Hall–Kier alpha value is -2.10. The fourth-order valence-corrected chi connectivity index (χ4v) is 2.30. The second-order valence-corrected chi connectivity index (χ2v) is 5.52. The van der Waals surface area contributed by atoms with Gasteiger partial charge in [-0.1, -0.05) is 0 Å². The molecule has 0 radical (unpaired) electrons. The van der Waals surface area contributed by atoms with Crippen LogP contribution < -0.4 is 10.9 Å². The van der Waals surface area contributed by atoms with Gasteiger partial charge in [0.15, 0.2) is 0 Å². The molecule has 20 heavy (non-hydrogen) atoms. The Balaban J connectivity index is 1.97. The molecule has 3 rings (SSSR count). The molecule has 1 saturated carbocycles. The van der Waals surface area contributed by atoms with Gasteiger partial charge in [0.05, 0.1) is 0 Å². The van der Waals surface area contributed by atoms with Crippen LogP contribution in [0.15, 0.2) is 27.4 Å². The van der Waals surface area contributed by atoms with Crippen molar-refractivity contribution in [3.63, 3.8) is 0 Å². The lowest BCUT2D eigenvalue weighted by Gasteiger charge is -2.09. The Labute approximate surface area is 116 Å². The fourth-order valence-electron chi connectivity index (χ4n) is 2.30. The normalized spacial score (nSPS) is 14.5. The molecule has 1 N–H and O–H groups in total. The largest absolute Gasteiger partial charge is 0.423 e. The van der Waals surface area contributed by atoms with Crippen LogP contribution in [0.1, 0.15) is 29.5 Å². The van der Waals surface area contributed by atoms with E-state index in [1.165, 1.54) is 6.07 Å². The maximum absolute atomic E-state index is 11.7. The molecule has 0 aliphatic heterocycles. The molecule has 0 spiro atoms. The summed E-state index contributed by atoms with van der Waals surface area (Å²) >= 11 is 0. The van der Waals surface area contributed by atoms with Crippen molar-refractivity contribution in [1.29, 1.82) is 0 Å². The van der Waals surface area contributed by atoms with Crippen LogP contribution in [-0.4, -0.2) is 5.91 Å². The van der Waals surface area contributed by atoms with E-state index in [9.17, 15) is 9.59 Å². The van der Waals surface area contributed by atoms with Crippen molar-refractivity contribution in [2.75, 3.05) is 0 Å². The summed E-state index contributed by atoms with van der Waals surface area (Å²) in [5.74, 6) is 0.251. The van der Waals surface area contributed by atoms with Gasteiger partial charge in [-0.05, 0) is 55.5 Å². The minimum atomic E-state index is -0.378. The van der Waals surface area contributed by atoms with Gasteiger partial charge in [-0.25, -0.2) is 4.79 Å². The van der Waals surface area contributed by atoms with E-state index in [2.05, 4.69) is 5.32 Å². The number of benzene rings is 1. The molecule has 0 atom stereocenters. The predicted octanol–water partition coefficient (Wildman–Crippen LogP) is 2.44. The van der Waals surface area contributed by atoms with Gasteiger partial charge in [0.2, 0.25) is 5.91 Å². The highest BCUT2D eigenvalue weighted by molar-refractivity contribution is 5.84. The van der Waals surface area contributed by atoms with Gasteiger partial charge in [-0.3, -0.25) is 4.79 Å². The quantitative estimate of drug-likeness (QED) is 0.872. The van der Waals surface area contributed by atoms with Crippen LogP contribution in [0, 0.1) is 19.8 Å². The summed E-state index contributed by atoms with van der Waals surface area (Å²) in [6, 6.07) is 5.34. The van der Waals surface area contributed by atoms with Crippen LogP contribution in [0.25, 0.3) is 11.0 Å². The zero-order chi connectivity index (χ0) is 14.3. The van der Waals surface area contributed by atoms with Crippen LogP contribution in [0.2, 0.25) is 0 Å². The van der Waals surface area contributed by atoms with Crippen LogP contribution >= 0.6 is 0 Å². The monoisotopic (exact) mass is 271 g/mol. The molecular weight excluding hydrogens is 254 g/mol. The standard InChI is InChI=1S/C16H17NO3/c1-9-5-13-12(8-17-16(19)11-3-4-11)7-15(18)20-14(13)6-10(9)2/h5-7,11H,3-4,8H2,1-2H3,(H,17,19). The Morgan fingerprint density at radius 2 is 1.95 bits per heavy atom. The number of hydrogen-bond acceptors (Lipinski definition) is 3. The van der Waals surface area contributed by atoms with E-state index < -0.39 is 0 Å². The predicted molar refractivity (Wildman–Crippen MR) is 76.5 cm³/mol. The zero-order valence-corrected chi connectivity index (χ0v) is 11.7. The molecule has 0 unspecified atom stereocenters. The van der Waals surface area contributed by atoms with E-state index in [0.29, 0.717) is 12.1 Å². The van der Waals surface area contributed by atoms with Gasteiger partial charge < -0.3 is 9.73 Å². The SMILES string of the molecule is Cc1cc2oc(=O)cc(CNC(=O)C3CC3)c2cc1C. The van der Waals surface area contributed by atoms with Crippen LogP contribution in [0.3, 0.4) is 0 Å². The van der Waals surface area contributed by atoms with Crippen molar-refractivity contribution < 1.29 is 9.21 Å². The van der Waals surface area contributed by atoms with Gasteiger partial charge in [0.25, 0.3) is 0 Å². The Morgan fingerprint density at radius 3 is 2.65 bits per heavy atom. The Kier molecular flexibility index (Phi) is 3.08. The molecule has 2 aromatic rings. The zero-order valence-electron chi connectivity index (χ0n) is 11.7. The first-order valence-electron chi connectivity index (χ1n) is 6.86. The second kappa shape index (κ2) is 4.78. The molecule has 4 heteroatoms. The number of carbonyl (C=O) groups excluding carboxylic acids is 1. The van der Waals surface area contributed by atoms with Crippen molar-refractivity contribution in [3.8, 4) is 0 Å². The van der Waals surface area contributed by atoms with Crippen molar-refractivity contribution >= 4 is 16.9 Å². The average molecular weight is 271 g/mol. The summed E-state index contributed by atoms with van der Waals surface area (Å²) in [5, 5.41) is 3.79. The summed E-state index contributed by atoms with van der Waals surface area (Å²) in [7, 11) is 0. The molecule has 1 aliphatic rings. The molecule has 1 aliphatic carbocycles. The third kappa shape index (κ3) is 2.46. The van der Waals surface area contributed by atoms with Crippen molar-refractivity contribution in [1.82, 2.24) is 5.32 Å². The van der Waals surface area contributed by atoms with Gasteiger partial charge in [0.1, 0.15) is 5.58 Å². The van der Waals surface area contributed by atoms with Crippen LogP contribution in [0.4, 0.5) is 0 Å². The molecule has 1 fully saturated rings. The van der Waals surface area contributed by atoms with Crippen LogP contribution in [0.5, 0.6) is 0 Å². The summed E-state index contributed by atoms with van der Waals surface area (Å²) < 4.78 is 5.24. The summed E-state index contributed by atoms with van der Waals surface area (Å²) in [5.41, 5.74) is 3.24. The van der Waals surface area contributed by atoms with Gasteiger partial charge in [0, 0.05) is 23.9 Å². The molecule has 1 aromatic carbocycles. The van der Waals surface area contributed by atoms with E-state index in [4.69, 9.17) is 4.42 Å². The minimum absolute atomic E-state index is 0.0789. The maximum atomic E-state index is 11.7. The number of fused-ring (bicyclic) bond motifs is 1. The van der Waals surface area contributed by atoms with Gasteiger partial charge in [-0.2, -0.15) is 0 Å². The first kappa shape index (κ1) is 12.9. The van der Waals surface area contributed by atoms with E-state index in [1.807, 2.05) is 26.0 Å². The number of nitrogens with one attached hydrogen (secondary N) is 1. The maximum Gasteiger partial charge on any atom is 0.336 e. The topological polar surface area (TPSA) is 59.3 Å². The van der Waals surface area contributed by atoms with Crippen molar-refractivity contribution in [2.45, 2.75) is 33.2 Å². The fraction of sp³-hybridized carbons (Fsp3) is 0.375. The molecule has 0 bridgehead atoms. The molecule has 1 aromatic heterocycles. The Bertz CT molecular complexity index is 741. The lowest BCUT2D eigenvalue weighted by atomic mass is 10.0. The molecule has 104 valence electrons. The highest BCUT2D eigenvalue weighted by Gasteiger charge is 2.29. The first-order valence-corrected chi connectivity index (χ1v) is 6.86. The number of amides is 1.